The van der Waals surface area contributed by atoms with Gasteiger partial charge >= 0.3 is 0 Å². The average Bonchev–Trinajstić information content (AvgIpc) is 3.33. The third-order valence-electron chi connectivity index (χ3n) is 12.3. The molecule has 0 unspecified atom stereocenters. The fourth-order valence-electron chi connectivity index (χ4n) is 9.13. The SMILES string of the molecule is CC(C)=C/C=C(\C)N(c1ccccc1)c1cc(-c2ccc3ccccc3c2)c(-c2c(-c3ccc4ccccc4c3)cc(/C=C/c3ccc(C)cc3)c3ccccc23)c2ccccc12. The van der Waals surface area contributed by atoms with Crippen molar-refractivity contribution in [3.8, 4) is 33.4 Å². The summed E-state index contributed by atoms with van der Waals surface area (Å²) in [4.78, 5) is 2.43. The first-order chi connectivity index (χ1) is 30.9. The van der Waals surface area contributed by atoms with Gasteiger partial charge in [-0.1, -0.05) is 193 Å². The van der Waals surface area contributed by atoms with E-state index in [0.29, 0.717) is 0 Å². The summed E-state index contributed by atoms with van der Waals surface area (Å²) >= 11 is 0. The van der Waals surface area contributed by atoms with Crippen molar-refractivity contribution >= 4 is 66.6 Å². The Kier molecular flexibility index (Phi) is 10.6. The number of fused-ring (bicyclic) bond motifs is 4. The highest BCUT2D eigenvalue weighted by Gasteiger charge is 2.25. The van der Waals surface area contributed by atoms with E-state index in [4.69, 9.17) is 0 Å². The summed E-state index contributed by atoms with van der Waals surface area (Å²) in [5, 5.41) is 9.70. The predicted octanol–water partition coefficient (Wildman–Crippen LogP) is 17.8. The Labute approximate surface area is 371 Å². The molecule has 0 aromatic heterocycles. The average molecular weight is 808 g/mol. The summed E-state index contributed by atoms with van der Waals surface area (Å²) in [5.74, 6) is 0. The van der Waals surface area contributed by atoms with Gasteiger partial charge in [0.2, 0.25) is 0 Å². The Bertz CT molecular complexity index is 3410. The first-order valence-electron chi connectivity index (χ1n) is 21.9. The quantitative estimate of drug-likeness (QED) is 0.104. The Morgan fingerprint density at radius 3 is 1.52 bits per heavy atom. The molecule has 0 spiro atoms. The Balaban J connectivity index is 1.35. The highest BCUT2D eigenvalue weighted by atomic mass is 15.1. The van der Waals surface area contributed by atoms with Crippen molar-refractivity contribution in [1.82, 2.24) is 0 Å². The maximum absolute atomic E-state index is 2.46. The normalized spacial score (nSPS) is 11.8. The molecular formula is C62H49N. The number of benzene rings is 10. The molecule has 10 rings (SSSR count). The van der Waals surface area contributed by atoms with Gasteiger partial charge in [-0.2, -0.15) is 0 Å². The minimum absolute atomic E-state index is 1.11. The largest absolute Gasteiger partial charge is 0.314 e. The molecule has 0 aliphatic carbocycles. The van der Waals surface area contributed by atoms with Crippen LogP contribution < -0.4 is 4.90 Å². The van der Waals surface area contributed by atoms with E-state index >= 15 is 0 Å². The predicted molar refractivity (Wildman–Crippen MR) is 275 cm³/mol. The first-order valence-corrected chi connectivity index (χ1v) is 21.9. The summed E-state index contributed by atoms with van der Waals surface area (Å²) in [5.41, 5.74) is 15.4. The summed E-state index contributed by atoms with van der Waals surface area (Å²) in [7, 11) is 0. The van der Waals surface area contributed by atoms with Gasteiger partial charge in [0.25, 0.3) is 0 Å². The second-order valence-electron chi connectivity index (χ2n) is 16.9. The van der Waals surface area contributed by atoms with Crippen LogP contribution in [-0.4, -0.2) is 0 Å². The van der Waals surface area contributed by atoms with Crippen molar-refractivity contribution in [2.45, 2.75) is 27.7 Å². The van der Waals surface area contributed by atoms with E-state index in [1.807, 2.05) is 0 Å². The molecule has 1 nitrogen and oxygen atoms in total. The molecule has 0 fully saturated rings. The van der Waals surface area contributed by atoms with Crippen LogP contribution >= 0.6 is 0 Å². The molecule has 0 aliphatic heterocycles. The maximum atomic E-state index is 2.46. The lowest BCUT2D eigenvalue weighted by Gasteiger charge is -2.30. The van der Waals surface area contributed by atoms with Crippen molar-refractivity contribution in [2.24, 2.45) is 0 Å². The number of aryl methyl sites for hydroxylation is 1. The van der Waals surface area contributed by atoms with Gasteiger partial charge in [0, 0.05) is 16.8 Å². The van der Waals surface area contributed by atoms with Crippen LogP contribution in [0.2, 0.25) is 0 Å². The van der Waals surface area contributed by atoms with E-state index in [2.05, 4.69) is 257 Å². The second kappa shape index (κ2) is 17.0. The van der Waals surface area contributed by atoms with Crippen molar-refractivity contribution in [3.63, 3.8) is 0 Å². The van der Waals surface area contributed by atoms with Crippen molar-refractivity contribution in [1.29, 1.82) is 0 Å². The zero-order chi connectivity index (χ0) is 42.9. The Morgan fingerprint density at radius 1 is 0.413 bits per heavy atom. The van der Waals surface area contributed by atoms with Crippen LogP contribution in [0.1, 0.15) is 37.5 Å². The van der Waals surface area contributed by atoms with E-state index in [-0.39, 0.29) is 0 Å². The number of hydrogen-bond acceptors (Lipinski definition) is 1. The molecule has 0 saturated carbocycles. The molecule has 0 amide bonds. The molecule has 302 valence electrons. The zero-order valence-corrected chi connectivity index (χ0v) is 36.3. The number of anilines is 2. The summed E-state index contributed by atoms with van der Waals surface area (Å²) < 4.78 is 0. The number of hydrogen-bond donors (Lipinski definition) is 0. The minimum Gasteiger partial charge on any atom is -0.314 e. The summed E-state index contributed by atoms with van der Waals surface area (Å²) in [6, 6.07) is 73.8. The smallest absolute Gasteiger partial charge is 0.0543 e. The van der Waals surface area contributed by atoms with Crippen molar-refractivity contribution in [3.05, 3.63) is 240 Å². The second-order valence-corrected chi connectivity index (χ2v) is 16.9. The van der Waals surface area contributed by atoms with Gasteiger partial charge in [-0.15, -0.1) is 0 Å². The molecule has 63 heavy (non-hydrogen) atoms. The molecule has 0 bridgehead atoms. The zero-order valence-electron chi connectivity index (χ0n) is 36.3. The Morgan fingerprint density at radius 2 is 0.921 bits per heavy atom. The topological polar surface area (TPSA) is 3.24 Å². The monoisotopic (exact) mass is 807 g/mol. The number of rotatable bonds is 9. The van der Waals surface area contributed by atoms with E-state index in [1.54, 1.807) is 0 Å². The third-order valence-corrected chi connectivity index (χ3v) is 12.3. The van der Waals surface area contributed by atoms with Gasteiger partial charge in [0.15, 0.2) is 0 Å². The van der Waals surface area contributed by atoms with E-state index in [1.165, 1.54) is 98.7 Å². The van der Waals surface area contributed by atoms with Crippen LogP contribution in [0.15, 0.2) is 224 Å². The lowest BCUT2D eigenvalue weighted by molar-refractivity contribution is 1.16. The van der Waals surface area contributed by atoms with Gasteiger partial charge in [-0.25, -0.2) is 0 Å². The number of para-hydroxylation sites is 1. The molecule has 0 radical (unpaired) electrons. The molecule has 0 heterocycles. The standard InChI is InChI=1S/C62H49N/c1-42(2)26-29-44(4)63(53-20-6-5-7-21-53)60-41-59(51-37-35-47-17-9-11-19-49(47)39-51)62(57-25-15-13-23-55(57)60)61-56-24-14-12-22-54(56)52(33-32-45-30-27-43(3)28-31-45)40-58(61)50-36-34-46-16-8-10-18-48(46)38-50/h5-41H,1-4H3/b33-32+,44-29+. The van der Waals surface area contributed by atoms with Crippen LogP contribution in [-0.2, 0) is 0 Å². The fraction of sp³-hybridized carbons (Fsp3) is 0.0645. The van der Waals surface area contributed by atoms with Gasteiger partial charge in [-0.05, 0) is 152 Å². The van der Waals surface area contributed by atoms with Crippen LogP contribution in [0.3, 0.4) is 0 Å². The van der Waals surface area contributed by atoms with Crippen molar-refractivity contribution in [2.75, 3.05) is 4.90 Å². The highest BCUT2D eigenvalue weighted by molar-refractivity contribution is 6.19. The maximum Gasteiger partial charge on any atom is 0.0543 e. The van der Waals surface area contributed by atoms with Gasteiger partial charge < -0.3 is 4.90 Å². The first kappa shape index (κ1) is 39.4. The van der Waals surface area contributed by atoms with Crippen LogP contribution in [0.4, 0.5) is 11.4 Å². The third kappa shape index (κ3) is 7.75. The van der Waals surface area contributed by atoms with Gasteiger partial charge in [0.1, 0.15) is 0 Å². The van der Waals surface area contributed by atoms with Gasteiger partial charge in [0.05, 0.1) is 5.69 Å². The molecular weight excluding hydrogens is 759 g/mol. The Hall–Kier alpha value is -7.74. The van der Waals surface area contributed by atoms with Gasteiger partial charge in [-0.3, -0.25) is 0 Å². The van der Waals surface area contributed by atoms with Crippen LogP contribution in [0.5, 0.6) is 0 Å². The molecule has 0 atom stereocenters. The molecule has 10 aromatic rings. The van der Waals surface area contributed by atoms with Crippen LogP contribution in [0, 0.1) is 6.92 Å². The van der Waals surface area contributed by atoms with Crippen molar-refractivity contribution < 1.29 is 0 Å². The fourth-order valence-corrected chi connectivity index (χ4v) is 9.13. The van der Waals surface area contributed by atoms with E-state index in [0.717, 1.165) is 17.1 Å². The van der Waals surface area contributed by atoms with E-state index in [9.17, 15) is 0 Å². The van der Waals surface area contributed by atoms with Crippen LogP contribution in [0.25, 0.3) is 88.6 Å². The summed E-state index contributed by atoms with van der Waals surface area (Å²) in [6.07, 6.45) is 9.00. The lowest BCUT2D eigenvalue weighted by atomic mass is 9.81. The number of nitrogens with zero attached hydrogens (tertiary/aromatic N) is 1. The number of allylic oxidation sites excluding steroid dienone is 4. The molecule has 0 N–H and O–H groups in total. The highest BCUT2D eigenvalue weighted by Crippen LogP contribution is 2.51. The molecule has 10 aromatic carbocycles. The molecule has 0 saturated heterocycles. The lowest BCUT2D eigenvalue weighted by Crippen LogP contribution is -2.15. The minimum atomic E-state index is 1.11. The molecule has 1 heteroatoms. The summed E-state index contributed by atoms with van der Waals surface area (Å²) in [6.45, 7) is 8.66. The molecule has 0 aliphatic rings. The van der Waals surface area contributed by atoms with E-state index < -0.39 is 0 Å².